The van der Waals surface area contributed by atoms with Gasteiger partial charge in [-0.05, 0) is 20.3 Å². The molecule has 1 atom stereocenters. The molecule has 3 N–H and O–H groups in total. The Morgan fingerprint density at radius 1 is 1.58 bits per heavy atom. The van der Waals surface area contributed by atoms with Gasteiger partial charge in [0.15, 0.2) is 5.13 Å². The highest BCUT2D eigenvalue weighted by atomic mass is 32.1. The molecular weight excluding hydrogens is 266 g/mol. The lowest BCUT2D eigenvalue weighted by atomic mass is 10.2. The fourth-order valence-corrected chi connectivity index (χ4v) is 2.07. The van der Waals surface area contributed by atoms with Crippen LogP contribution in [0.4, 0.5) is 5.13 Å². The van der Waals surface area contributed by atoms with Crippen LogP contribution in [0.25, 0.3) is 0 Å². The van der Waals surface area contributed by atoms with Crippen molar-refractivity contribution in [3.63, 3.8) is 0 Å². The second-order valence-corrected chi connectivity index (χ2v) is 5.05. The lowest BCUT2D eigenvalue weighted by Gasteiger charge is -2.04. The number of aromatic nitrogens is 1. The molecule has 0 aliphatic heterocycles. The highest BCUT2D eigenvalue weighted by Crippen LogP contribution is 2.16. The molecule has 1 heterocycles. The van der Waals surface area contributed by atoms with Crippen LogP contribution in [0.1, 0.15) is 32.4 Å². The Kier molecular flexibility index (Phi) is 6.44. The van der Waals surface area contributed by atoms with E-state index in [-0.39, 0.29) is 24.3 Å². The number of rotatable bonds is 7. The summed E-state index contributed by atoms with van der Waals surface area (Å²) in [5, 5.41) is 4.91. The molecule has 6 nitrogen and oxygen atoms in total. The van der Waals surface area contributed by atoms with Gasteiger partial charge in [0.1, 0.15) is 0 Å². The first-order valence-electron chi connectivity index (χ1n) is 6.16. The largest absolute Gasteiger partial charge is 0.466 e. The predicted octanol–water partition coefficient (Wildman–Crippen LogP) is 1.31. The molecule has 0 fully saturated rings. The van der Waals surface area contributed by atoms with Crippen molar-refractivity contribution in [2.24, 2.45) is 5.73 Å². The number of nitrogens with one attached hydrogen (secondary N) is 1. The molecule has 1 aromatic rings. The molecular formula is C12H19N3O3S. The molecule has 0 spiro atoms. The molecule has 0 aromatic carbocycles. The van der Waals surface area contributed by atoms with Gasteiger partial charge in [-0.3, -0.25) is 9.59 Å². The number of carbonyl (C=O) groups is 2. The second kappa shape index (κ2) is 7.85. The Morgan fingerprint density at radius 3 is 2.95 bits per heavy atom. The molecule has 0 radical (unpaired) electrons. The van der Waals surface area contributed by atoms with Gasteiger partial charge in [0.25, 0.3) is 0 Å². The van der Waals surface area contributed by atoms with Gasteiger partial charge in [0.2, 0.25) is 5.91 Å². The number of hydrogen-bond acceptors (Lipinski definition) is 6. The molecule has 0 aliphatic carbocycles. The normalized spacial score (nSPS) is 11.9. The van der Waals surface area contributed by atoms with Crippen molar-refractivity contribution in [2.45, 2.75) is 39.2 Å². The van der Waals surface area contributed by atoms with Crippen molar-refractivity contribution in [3.8, 4) is 0 Å². The van der Waals surface area contributed by atoms with E-state index in [1.165, 1.54) is 11.3 Å². The Labute approximate surface area is 116 Å². The van der Waals surface area contributed by atoms with E-state index in [1.807, 2.05) is 6.92 Å². The highest BCUT2D eigenvalue weighted by Gasteiger charge is 2.10. The SMILES string of the molecule is CCOC(=O)Cc1csc(NC(=O)CCC(C)N)n1. The molecule has 19 heavy (non-hydrogen) atoms. The van der Waals surface area contributed by atoms with E-state index in [2.05, 4.69) is 10.3 Å². The number of hydrogen-bond donors (Lipinski definition) is 2. The molecule has 1 rings (SSSR count). The zero-order valence-electron chi connectivity index (χ0n) is 11.1. The maximum atomic E-state index is 11.6. The first kappa shape index (κ1) is 15.6. The Balaban J connectivity index is 2.42. The first-order chi connectivity index (χ1) is 9.01. The van der Waals surface area contributed by atoms with Crippen LogP contribution in [0.3, 0.4) is 0 Å². The Hall–Kier alpha value is -1.47. The van der Waals surface area contributed by atoms with Crippen LogP contribution in [0.2, 0.25) is 0 Å². The minimum absolute atomic E-state index is 0.00131. The molecule has 106 valence electrons. The number of amides is 1. The van der Waals surface area contributed by atoms with Crippen LogP contribution in [-0.4, -0.2) is 29.5 Å². The number of anilines is 1. The molecule has 1 amide bonds. The predicted molar refractivity (Wildman–Crippen MR) is 74.0 cm³/mol. The van der Waals surface area contributed by atoms with E-state index in [1.54, 1.807) is 12.3 Å². The Morgan fingerprint density at radius 2 is 2.32 bits per heavy atom. The molecule has 0 saturated carbocycles. The number of nitrogens with two attached hydrogens (primary N) is 1. The number of esters is 1. The highest BCUT2D eigenvalue weighted by molar-refractivity contribution is 7.13. The summed E-state index contributed by atoms with van der Waals surface area (Å²) in [5.41, 5.74) is 6.18. The van der Waals surface area contributed by atoms with Gasteiger partial charge in [0, 0.05) is 17.8 Å². The van der Waals surface area contributed by atoms with Gasteiger partial charge in [-0.15, -0.1) is 11.3 Å². The lowest BCUT2D eigenvalue weighted by molar-refractivity contribution is -0.142. The van der Waals surface area contributed by atoms with Crippen molar-refractivity contribution in [1.29, 1.82) is 0 Å². The zero-order valence-corrected chi connectivity index (χ0v) is 12.0. The smallest absolute Gasteiger partial charge is 0.311 e. The molecule has 7 heteroatoms. The first-order valence-corrected chi connectivity index (χ1v) is 7.04. The van der Waals surface area contributed by atoms with Gasteiger partial charge in [-0.2, -0.15) is 0 Å². The van der Waals surface area contributed by atoms with Crippen molar-refractivity contribution in [3.05, 3.63) is 11.1 Å². The van der Waals surface area contributed by atoms with Crippen LogP contribution in [-0.2, 0) is 20.7 Å². The van der Waals surface area contributed by atoms with Crippen LogP contribution >= 0.6 is 11.3 Å². The summed E-state index contributed by atoms with van der Waals surface area (Å²) >= 11 is 1.29. The van der Waals surface area contributed by atoms with E-state index >= 15 is 0 Å². The number of carbonyl (C=O) groups excluding carboxylic acids is 2. The third-order valence-corrected chi connectivity index (χ3v) is 3.06. The summed E-state index contributed by atoms with van der Waals surface area (Å²) < 4.78 is 4.83. The maximum absolute atomic E-state index is 11.6. The van der Waals surface area contributed by atoms with Gasteiger partial charge in [0.05, 0.1) is 18.7 Å². The average Bonchev–Trinajstić information content (AvgIpc) is 2.74. The molecule has 0 aliphatic rings. The van der Waals surface area contributed by atoms with E-state index in [4.69, 9.17) is 10.5 Å². The molecule has 0 bridgehead atoms. The van der Waals surface area contributed by atoms with Crippen molar-refractivity contribution < 1.29 is 14.3 Å². The van der Waals surface area contributed by atoms with Crippen molar-refractivity contribution >= 4 is 28.3 Å². The summed E-state index contributed by atoms with van der Waals surface area (Å²) in [6.07, 6.45) is 1.12. The van der Waals surface area contributed by atoms with Crippen LogP contribution in [0.15, 0.2) is 5.38 Å². The van der Waals surface area contributed by atoms with Gasteiger partial charge >= 0.3 is 5.97 Å². The van der Waals surface area contributed by atoms with E-state index in [9.17, 15) is 9.59 Å². The number of thiazole rings is 1. The monoisotopic (exact) mass is 285 g/mol. The lowest BCUT2D eigenvalue weighted by Crippen LogP contribution is -2.19. The van der Waals surface area contributed by atoms with E-state index in [0.29, 0.717) is 30.3 Å². The summed E-state index contributed by atoms with van der Waals surface area (Å²) in [6.45, 7) is 3.96. The van der Waals surface area contributed by atoms with Crippen LogP contribution in [0.5, 0.6) is 0 Å². The van der Waals surface area contributed by atoms with E-state index < -0.39 is 0 Å². The van der Waals surface area contributed by atoms with Crippen molar-refractivity contribution in [2.75, 3.05) is 11.9 Å². The van der Waals surface area contributed by atoms with Crippen LogP contribution in [0, 0.1) is 0 Å². The molecule has 1 aromatic heterocycles. The number of ether oxygens (including phenoxy) is 1. The quantitative estimate of drug-likeness (QED) is 0.737. The summed E-state index contributed by atoms with van der Waals surface area (Å²) in [6, 6.07) is 0.00131. The average molecular weight is 285 g/mol. The zero-order chi connectivity index (χ0) is 14.3. The summed E-state index contributed by atoms with van der Waals surface area (Å²) in [7, 11) is 0. The second-order valence-electron chi connectivity index (χ2n) is 4.19. The fourth-order valence-electron chi connectivity index (χ4n) is 1.35. The minimum atomic E-state index is -0.317. The molecule has 0 saturated heterocycles. The molecule has 1 unspecified atom stereocenters. The standard InChI is InChI=1S/C12H19N3O3S/c1-3-18-11(17)6-9-7-19-12(14-9)15-10(16)5-4-8(2)13/h7-8H,3-6,13H2,1-2H3,(H,14,15,16). The topological polar surface area (TPSA) is 94.3 Å². The van der Waals surface area contributed by atoms with Gasteiger partial charge < -0.3 is 15.8 Å². The number of nitrogens with zero attached hydrogens (tertiary/aromatic N) is 1. The van der Waals surface area contributed by atoms with Gasteiger partial charge in [-0.1, -0.05) is 0 Å². The minimum Gasteiger partial charge on any atom is -0.466 e. The maximum Gasteiger partial charge on any atom is 0.311 e. The van der Waals surface area contributed by atoms with Crippen molar-refractivity contribution in [1.82, 2.24) is 4.98 Å². The van der Waals surface area contributed by atoms with E-state index in [0.717, 1.165) is 0 Å². The van der Waals surface area contributed by atoms with Gasteiger partial charge in [-0.25, -0.2) is 4.98 Å². The summed E-state index contributed by atoms with van der Waals surface area (Å²) in [4.78, 5) is 27.0. The van der Waals surface area contributed by atoms with Crippen LogP contribution < -0.4 is 11.1 Å². The third kappa shape index (κ3) is 6.30. The fraction of sp³-hybridized carbons (Fsp3) is 0.583. The Bertz CT molecular complexity index is 432. The summed E-state index contributed by atoms with van der Waals surface area (Å²) in [5.74, 6) is -0.433. The third-order valence-electron chi connectivity index (χ3n) is 2.26.